The molecule has 0 saturated carbocycles. The van der Waals surface area contributed by atoms with Gasteiger partial charge in [0.25, 0.3) is 5.91 Å². The molecule has 0 aromatic carbocycles. The zero-order valence-corrected chi connectivity index (χ0v) is 8.65. The fourth-order valence-electron chi connectivity index (χ4n) is 0.773. The Hall–Kier alpha value is -0.580. The van der Waals surface area contributed by atoms with Gasteiger partial charge in [-0.1, -0.05) is 11.6 Å². The summed E-state index contributed by atoms with van der Waals surface area (Å²) in [6, 6.07) is 1.37. The van der Waals surface area contributed by atoms with Crippen molar-refractivity contribution in [3.05, 3.63) is 21.3 Å². The van der Waals surface area contributed by atoms with Gasteiger partial charge in [-0.05, 0) is 13.0 Å². The Balaban J connectivity index is 2.58. The summed E-state index contributed by atoms with van der Waals surface area (Å²) in [5, 5.41) is 13.6. The number of aliphatic hydroxyl groups is 1. The number of aliphatic hydroxyl groups excluding tert-OH is 1. The van der Waals surface area contributed by atoms with Crippen molar-refractivity contribution in [2.24, 2.45) is 0 Å². The summed E-state index contributed by atoms with van der Waals surface area (Å²) in [7, 11) is 0. The average Bonchev–Trinajstić information content (AvgIpc) is 2.51. The summed E-state index contributed by atoms with van der Waals surface area (Å²) in [5.74, 6) is -0.196. The molecule has 0 fully saturated rings. The third-order valence-corrected chi connectivity index (χ3v) is 2.72. The summed E-state index contributed by atoms with van der Waals surface area (Å²) < 4.78 is 0. The number of thiophene rings is 1. The average molecular weight is 220 g/mol. The summed E-state index contributed by atoms with van der Waals surface area (Å²) in [6.45, 7) is 1.66. The molecule has 1 rings (SSSR count). The topological polar surface area (TPSA) is 49.3 Å². The number of carbonyl (C=O) groups excluding carboxylic acids is 1. The highest BCUT2D eigenvalue weighted by Gasteiger charge is 2.10. The second kappa shape index (κ2) is 4.60. The van der Waals surface area contributed by atoms with E-state index in [1.807, 2.05) is 0 Å². The van der Waals surface area contributed by atoms with Gasteiger partial charge in [0.05, 0.1) is 16.5 Å². The minimum Gasteiger partial charge on any atom is -0.394 e. The molecular weight excluding hydrogens is 210 g/mol. The second-order valence-corrected chi connectivity index (χ2v) is 4.03. The second-order valence-electron chi connectivity index (χ2n) is 2.69. The molecule has 3 nitrogen and oxygen atoms in total. The third kappa shape index (κ3) is 2.99. The van der Waals surface area contributed by atoms with Crippen molar-refractivity contribution < 1.29 is 9.90 Å². The molecule has 72 valence electrons. The van der Waals surface area contributed by atoms with E-state index in [1.165, 1.54) is 11.3 Å². The normalized spacial score (nSPS) is 12.5. The number of carbonyl (C=O) groups is 1. The smallest absolute Gasteiger partial charge is 0.261 e. The maximum atomic E-state index is 11.4. The van der Waals surface area contributed by atoms with E-state index in [-0.39, 0.29) is 18.6 Å². The van der Waals surface area contributed by atoms with Crippen LogP contribution < -0.4 is 5.32 Å². The van der Waals surface area contributed by atoms with E-state index >= 15 is 0 Å². The molecule has 0 bridgehead atoms. The molecule has 1 atom stereocenters. The molecule has 1 aromatic heterocycles. The largest absolute Gasteiger partial charge is 0.394 e. The minimum atomic E-state index is -0.228. The summed E-state index contributed by atoms with van der Waals surface area (Å²) in [5.41, 5.74) is 0. The van der Waals surface area contributed by atoms with Gasteiger partial charge in [0.15, 0.2) is 0 Å². The van der Waals surface area contributed by atoms with Crippen LogP contribution in [0.15, 0.2) is 11.4 Å². The molecule has 13 heavy (non-hydrogen) atoms. The lowest BCUT2D eigenvalue weighted by Gasteiger charge is -2.08. The maximum absolute atomic E-state index is 11.4. The Bertz CT molecular complexity index is 300. The Kier molecular flexibility index (Phi) is 3.71. The molecule has 0 spiro atoms. The predicted molar refractivity (Wildman–Crippen MR) is 53.3 cm³/mol. The quantitative estimate of drug-likeness (QED) is 0.810. The molecule has 0 aliphatic heterocycles. The van der Waals surface area contributed by atoms with Gasteiger partial charge in [0, 0.05) is 11.4 Å². The van der Waals surface area contributed by atoms with E-state index in [1.54, 1.807) is 18.4 Å². The number of halogens is 1. The van der Waals surface area contributed by atoms with E-state index in [0.717, 1.165) is 0 Å². The number of hydrogen-bond acceptors (Lipinski definition) is 3. The Morgan fingerprint density at radius 2 is 2.54 bits per heavy atom. The van der Waals surface area contributed by atoms with Crippen molar-refractivity contribution in [3.8, 4) is 0 Å². The lowest BCUT2D eigenvalue weighted by atomic mass is 10.3. The lowest BCUT2D eigenvalue weighted by molar-refractivity contribution is 0.0926. The van der Waals surface area contributed by atoms with E-state index in [9.17, 15) is 4.79 Å². The Morgan fingerprint density at radius 1 is 1.85 bits per heavy atom. The van der Waals surface area contributed by atoms with Crippen LogP contribution >= 0.6 is 22.9 Å². The minimum absolute atomic E-state index is 0.0646. The van der Waals surface area contributed by atoms with Crippen LogP contribution in [0, 0.1) is 0 Å². The first-order chi connectivity index (χ1) is 6.13. The Morgan fingerprint density at radius 3 is 3.00 bits per heavy atom. The van der Waals surface area contributed by atoms with Crippen LogP contribution in [0.4, 0.5) is 0 Å². The predicted octanol–water partition coefficient (Wildman–Crippen LogP) is 1.51. The van der Waals surface area contributed by atoms with Crippen LogP contribution in [0.3, 0.4) is 0 Å². The van der Waals surface area contributed by atoms with E-state index < -0.39 is 0 Å². The van der Waals surface area contributed by atoms with Gasteiger partial charge < -0.3 is 10.4 Å². The fraction of sp³-hybridized carbons (Fsp3) is 0.375. The van der Waals surface area contributed by atoms with Crippen molar-refractivity contribution in [2.45, 2.75) is 13.0 Å². The first kappa shape index (κ1) is 10.5. The highest BCUT2D eigenvalue weighted by atomic mass is 35.5. The van der Waals surface area contributed by atoms with Crippen LogP contribution in [0.5, 0.6) is 0 Å². The zero-order valence-electron chi connectivity index (χ0n) is 7.08. The molecule has 1 amide bonds. The van der Waals surface area contributed by atoms with Crippen LogP contribution in [-0.2, 0) is 0 Å². The van der Waals surface area contributed by atoms with Gasteiger partial charge in [-0.15, -0.1) is 11.3 Å². The van der Waals surface area contributed by atoms with E-state index in [0.29, 0.717) is 9.90 Å². The monoisotopic (exact) mass is 219 g/mol. The van der Waals surface area contributed by atoms with Gasteiger partial charge in [0.2, 0.25) is 0 Å². The maximum Gasteiger partial charge on any atom is 0.261 e. The molecule has 0 aliphatic carbocycles. The highest BCUT2D eigenvalue weighted by molar-refractivity contribution is 7.12. The van der Waals surface area contributed by atoms with Crippen LogP contribution in [0.2, 0.25) is 5.02 Å². The highest BCUT2D eigenvalue weighted by Crippen LogP contribution is 2.18. The van der Waals surface area contributed by atoms with Crippen LogP contribution in [0.25, 0.3) is 0 Å². The molecule has 0 saturated heterocycles. The van der Waals surface area contributed by atoms with E-state index in [2.05, 4.69) is 5.32 Å². The number of hydrogen-bond donors (Lipinski definition) is 2. The standard InChI is InChI=1S/C8H10ClNO2S/c1-5(3-11)10-8(12)7-2-6(9)4-13-7/h2,4-5,11H,3H2,1H3,(H,10,12). The van der Waals surface area contributed by atoms with Gasteiger partial charge in [-0.25, -0.2) is 0 Å². The summed E-state index contributed by atoms with van der Waals surface area (Å²) in [4.78, 5) is 11.9. The first-order valence-corrected chi connectivity index (χ1v) is 5.05. The molecule has 0 radical (unpaired) electrons. The summed E-state index contributed by atoms with van der Waals surface area (Å²) in [6.07, 6.45) is 0. The van der Waals surface area contributed by atoms with Crippen molar-refractivity contribution in [2.75, 3.05) is 6.61 Å². The number of amides is 1. The molecule has 1 heterocycles. The van der Waals surface area contributed by atoms with Crippen LogP contribution in [-0.4, -0.2) is 23.7 Å². The molecule has 5 heteroatoms. The molecule has 1 aromatic rings. The molecule has 2 N–H and O–H groups in total. The van der Waals surface area contributed by atoms with Crippen molar-refractivity contribution >= 4 is 28.8 Å². The fourth-order valence-corrected chi connectivity index (χ4v) is 1.75. The molecule has 0 aliphatic rings. The van der Waals surface area contributed by atoms with Crippen molar-refractivity contribution in [1.82, 2.24) is 5.32 Å². The van der Waals surface area contributed by atoms with Gasteiger partial charge >= 0.3 is 0 Å². The third-order valence-electron chi connectivity index (χ3n) is 1.44. The van der Waals surface area contributed by atoms with Gasteiger partial charge in [-0.3, -0.25) is 4.79 Å². The lowest BCUT2D eigenvalue weighted by Crippen LogP contribution is -2.34. The zero-order chi connectivity index (χ0) is 9.84. The van der Waals surface area contributed by atoms with Gasteiger partial charge in [-0.2, -0.15) is 0 Å². The Labute approximate surface area is 85.3 Å². The first-order valence-electron chi connectivity index (χ1n) is 3.79. The molecule has 1 unspecified atom stereocenters. The number of nitrogens with one attached hydrogen (secondary N) is 1. The van der Waals surface area contributed by atoms with Crippen molar-refractivity contribution in [1.29, 1.82) is 0 Å². The van der Waals surface area contributed by atoms with Gasteiger partial charge in [0.1, 0.15) is 0 Å². The number of rotatable bonds is 3. The summed E-state index contributed by atoms with van der Waals surface area (Å²) >= 11 is 6.94. The molecular formula is C8H10ClNO2S. The van der Waals surface area contributed by atoms with E-state index in [4.69, 9.17) is 16.7 Å². The van der Waals surface area contributed by atoms with Crippen LogP contribution in [0.1, 0.15) is 16.6 Å². The SMILES string of the molecule is CC(CO)NC(=O)c1cc(Cl)cs1. The van der Waals surface area contributed by atoms with Crippen molar-refractivity contribution in [3.63, 3.8) is 0 Å².